The minimum atomic E-state index is -0.609. The number of esters is 1. The molecule has 0 unspecified atom stereocenters. The van der Waals surface area contributed by atoms with E-state index in [1.54, 1.807) is 6.92 Å². The van der Waals surface area contributed by atoms with E-state index >= 15 is 0 Å². The van der Waals surface area contributed by atoms with E-state index in [0.29, 0.717) is 12.4 Å². The highest BCUT2D eigenvalue weighted by Gasteiger charge is 2.15. The number of hydrogen-bond acceptors (Lipinski definition) is 6. The molecule has 0 spiro atoms. The predicted octanol–water partition coefficient (Wildman–Crippen LogP) is 0.783. The second kappa shape index (κ2) is 5.33. The van der Waals surface area contributed by atoms with Crippen LogP contribution in [0.3, 0.4) is 0 Å². The summed E-state index contributed by atoms with van der Waals surface area (Å²) in [5.74, 6) is -0.404. The van der Waals surface area contributed by atoms with Crippen molar-refractivity contribution in [3.05, 3.63) is 11.7 Å². The third-order valence-corrected chi connectivity index (χ3v) is 1.35. The van der Waals surface area contributed by atoms with Gasteiger partial charge in [0.25, 0.3) is 0 Å². The average Bonchev–Trinajstić information content (AvgIpc) is 2.63. The smallest absolute Gasteiger partial charge is 0.397 e. The molecule has 1 aromatic rings. The summed E-state index contributed by atoms with van der Waals surface area (Å²) in [6.07, 6.45) is 0. The first-order chi connectivity index (χ1) is 6.77. The molecule has 0 aliphatic heterocycles. The van der Waals surface area contributed by atoms with Crippen molar-refractivity contribution >= 4 is 5.97 Å². The Kier molecular flexibility index (Phi) is 4.06. The Hall–Kier alpha value is -1.43. The Bertz CT molecular complexity index is 297. The molecule has 14 heavy (non-hydrogen) atoms. The molecule has 0 fully saturated rings. The molecule has 6 heteroatoms. The average molecular weight is 200 g/mol. The van der Waals surface area contributed by atoms with Gasteiger partial charge in [0.05, 0.1) is 6.61 Å². The lowest BCUT2D eigenvalue weighted by Crippen LogP contribution is -2.05. The molecule has 1 aromatic heterocycles. The van der Waals surface area contributed by atoms with Crippen LogP contribution in [0.4, 0.5) is 0 Å². The highest BCUT2D eigenvalue weighted by Crippen LogP contribution is 2.00. The van der Waals surface area contributed by atoms with Gasteiger partial charge in [-0.25, -0.2) is 4.79 Å². The molecular formula is C8H12N2O4. The van der Waals surface area contributed by atoms with Crippen molar-refractivity contribution in [3.8, 4) is 0 Å². The van der Waals surface area contributed by atoms with Crippen LogP contribution in [0.5, 0.6) is 0 Å². The molecule has 0 N–H and O–H groups in total. The van der Waals surface area contributed by atoms with Crippen LogP contribution < -0.4 is 0 Å². The van der Waals surface area contributed by atoms with Crippen LogP contribution in [-0.4, -0.2) is 29.3 Å². The third kappa shape index (κ3) is 2.81. The van der Waals surface area contributed by atoms with E-state index in [9.17, 15) is 4.79 Å². The Morgan fingerprint density at radius 2 is 2.21 bits per heavy atom. The minimum absolute atomic E-state index is 0.137. The first-order valence-electron chi connectivity index (χ1n) is 4.35. The molecule has 78 valence electrons. The Balaban J connectivity index is 2.54. The second-order valence-electron chi connectivity index (χ2n) is 2.37. The second-order valence-corrected chi connectivity index (χ2v) is 2.37. The molecular weight excluding hydrogens is 188 g/mol. The van der Waals surface area contributed by atoms with Gasteiger partial charge >= 0.3 is 11.9 Å². The van der Waals surface area contributed by atoms with Crippen LogP contribution in [0.15, 0.2) is 4.52 Å². The Morgan fingerprint density at radius 1 is 1.43 bits per heavy atom. The summed E-state index contributed by atoms with van der Waals surface area (Å²) >= 11 is 0. The van der Waals surface area contributed by atoms with Crippen molar-refractivity contribution in [1.82, 2.24) is 10.1 Å². The zero-order chi connectivity index (χ0) is 10.4. The maximum atomic E-state index is 11.1. The summed E-state index contributed by atoms with van der Waals surface area (Å²) in [5.41, 5.74) is 0. The maximum absolute atomic E-state index is 11.1. The number of carbonyl (C=O) groups is 1. The molecule has 0 bridgehead atoms. The van der Waals surface area contributed by atoms with Gasteiger partial charge in [0.2, 0.25) is 0 Å². The highest BCUT2D eigenvalue weighted by molar-refractivity contribution is 5.83. The van der Waals surface area contributed by atoms with Gasteiger partial charge in [-0.3, -0.25) is 0 Å². The van der Waals surface area contributed by atoms with Crippen LogP contribution in [0.25, 0.3) is 0 Å². The van der Waals surface area contributed by atoms with E-state index in [1.807, 2.05) is 6.92 Å². The number of carbonyl (C=O) groups excluding carboxylic acids is 1. The lowest BCUT2D eigenvalue weighted by molar-refractivity contribution is 0.0470. The molecule has 0 atom stereocenters. The minimum Gasteiger partial charge on any atom is -0.459 e. The van der Waals surface area contributed by atoms with E-state index < -0.39 is 5.97 Å². The molecule has 1 heterocycles. The summed E-state index contributed by atoms with van der Waals surface area (Å²) in [6.45, 7) is 4.63. The van der Waals surface area contributed by atoms with Crippen LogP contribution >= 0.6 is 0 Å². The van der Waals surface area contributed by atoms with Gasteiger partial charge in [-0.1, -0.05) is 5.16 Å². The zero-order valence-electron chi connectivity index (χ0n) is 8.15. The zero-order valence-corrected chi connectivity index (χ0v) is 8.15. The quantitative estimate of drug-likeness (QED) is 0.654. The first kappa shape index (κ1) is 10.6. The first-order valence-corrected chi connectivity index (χ1v) is 4.35. The van der Waals surface area contributed by atoms with E-state index in [-0.39, 0.29) is 19.1 Å². The van der Waals surface area contributed by atoms with E-state index in [1.165, 1.54) is 0 Å². The lowest BCUT2D eigenvalue weighted by Gasteiger charge is -1.94. The molecule has 0 saturated heterocycles. The van der Waals surface area contributed by atoms with Gasteiger partial charge in [-0.05, 0) is 13.8 Å². The third-order valence-electron chi connectivity index (χ3n) is 1.35. The summed E-state index contributed by atoms with van der Waals surface area (Å²) in [7, 11) is 0. The normalized spacial score (nSPS) is 10.1. The van der Waals surface area contributed by atoms with Crippen LogP contribution in [-0.2, 0) is 16.1 Å². The van der Waals surface area contributed by atoms with Crippen molar-refractivity contribution in [2.75, 3.05) is 13.2 Å². The summed E-state index contributed by atoms with van der Waals surface area (Å²) in [6, 6.07) is 0. The van der Waals surface area contributed by atoms with Gasteiger partial charge in [0.15, 0.2) is 5.82 Å². The molecule has 6 nitrogen and oxygen atoms in total. The maximum Gasteiger partial charge on any atom is 0.397 e. The van der Waals surface area contributed by atoms with E-state index in [0.717, 1.165) is 0 Å². The van der Waals surface area contributed by atoms with Gasteiger partial charge in [-0.15, -0.1) is 0 Å². The molecule has 0 amide bonds. The summed E-state index contributed by atoms with van der Waals surface area (Å²) in [4.78, 5) is 14.9. The van der Waals surface area contributed by atoms with Crippen molar-refractivity contribution < 1.29 is 18.8 Å². The van der Waals surface area contributed by atoms with E-state index in [2.05, 4.69) is 19.4 Å². The van der Waals surface area contributed by atoms with Gasteiger partial charge in [0, 0.05) is 6.61 Å². The van der Waals surface area contributed by atoms with Gasteiger partial charge < -0.3 is 14.0 Å². The predicted molar refractivity (Wildman–Crippen MR) is 45.6 cm³/mol. The number of rotatable bonds is 5. The van der Waals surface area contributed by atoms with Crippen molar-refractivity contribution in [3.63, 3.8) is 0 Å². The monoisotopic (exact) mass is 200 g/mol. The van der Waals surface area contributed by atoms with Crippen LogP contribution in [0, 0.1) is 0 Å². The fraction of sp³-hybridized carbons (Fsp3) is 0.625. The number of ether oxygens (including phenoxy) is 2. The van der Waals surface area contributed by atoms with Crippen LogP contribution in [0.1, 0.15) is 30.4 Å². The van der Waals surface area contributed by atoms with Crippen molar-refractivity contribution in [2.45, 2.75) is 20.5 Å². The molecule has 0 saturated carbocycles. The lowest BCUT2D eigenvalue weighted by atomic mass is 10.6. The topological polar surface area (TPSA) is 74.5 Å². The number of hydrogen-bond donors (Lipinski definition) is 0. The van der Waals surface area contributed by atoms with Crippen LogP contribution in [0.2, 0.25) is 0 Å². The molecule has 0 aliphatic rings. The summed E-state index contributed by atoms with van der Waals surface area (Å²) in [5, 5.41) is 3.55. The molecule has 1 rings (SSSR count). The Morgan fingerprint density at radius 3 is 2.86 bits per heavy atom. The fourth-order valence-electron chi connectivity index (χ4n) is 0.782. The Labute approximate surface area is 81.2 Å². The SMILES string of the molecule is CCOCc1noc(C(=O)OCC)n1. The van der Waals surface area contributed by atoms with Gasteiger partial charge in [-0.2, -0.15) is 4.98 Å². The fourth-order valence-corrected chi connectivity index (χ4v) is 0.782. The molecule has 0 aliphatic carbocycles. The standard InChI is InChI=1S/C8H12N2O4/c1-3-12-5-6-9-7(14-10-6)8(11)13-4-2/h3-5H2,1-2H3. The van der Waals surface area contributed by atoms with Crippen molar-refractivity contribution in [2.24, 2.45) is 0 Å². The van der Waals surface area contributed by atoms with Gasteiger partial charge in [0.1, 0.15) is 6.61 Å². The molecule has 0 radical (unpaired) electrons. The molecule has 0 aromatic carbocycles. The van der Waals surface area contributed by atoms with E-state index in [4.69, 9.17) is 4.74 Å². The largest absolute Gasteiger partial charge is 0.459 e. The number of aromatic nitrogens is 2. The summed E-state index contributed by atoms with van der Waals surface area (Å²) < 4.78 is 14.4. The highest BCUT2D eigenvalue weighted by atomic mass is 16.6. The van der Waals surface area contributed by atoms with Crippen molar-refractivity contribution in [1.29, 1.82) is 0 Å². The number of nitrogens with zero attached hydrogens (tertiary/aromatic N) is 2.